The fraction of sp³-hybridized carbons (Fsp3) is 0.429. The molecule has 2 aromatic rings. The van der Waals surface area contributed by atoms with Gasteiger partial charge in [-0.05, 0) is 25.0 Å². The lowest BCUT2D eigenvalue weighted by Gasteiger charge is -2.13. The number of aryl methyl sites for hydroxylation is 1. The Hall–Kier alpha value is -1.82. The zero-order valence-electron chi connectivity index (χ0n) is 11.4. The first kappa shape index (κ1) is 14.6. The first-order valence-electron chi connectivity index (χ1n) is 6.67. The quantitative estimate of drug-likeness (QED) is 0.881. The summed E-state index contributed by atoms with van der Waals surface area (Å²) in [6.07, 6.45) is 2.99. The molecule has 1 unspecified atom stereocenters. The van der Waals surface area contributed by atoms with Crippen LogP contribution in [0.15, 0.2) is 24.5 Å². The van der Waals surface area contributed by atoms with Crippen molar-refractivity contribution in [2.45, 2.75) is 38.8 Å². The van der Waals surface area contributed by atoms with Gasteiger partial charge in [0.2, 0.25) is 0 Å². The standard InChI is InChI=1S/C14H18F2N4/c1-2-6-20-14(18-9-19-20)8-10(17)7-11-12(15)4-3-5-13(11)16/h3-5,9-10H,2,6-8,17H2,1H3. The third-order valence-electron chi connectivity index (χ3n) is 3.10. The van der Waals surface area contributed by atoms with E-state index in [-0.39, 0.29) is 12.0 Å². The van der Waals surface area contributed by atoms with E-state index in [2.05, 4.69) is 10.1 Å². The summed E-state index contributed by atoms with van der Waals surface area (Å²) in [4.78, 5) is 4.15. The highest BCUT2D eigenvalue weighted by molar-refractivity contribution is 5.20. The summed E-state index contributed by atoms with van der Waals surface area (Å²) >= 11 is 0. The van der Waals surface area contributed by atoms with E-state index in [0.717, 1.165) is 18.8 Å². The minimum Gasteiger partial charge on any atom is -0.327 e. The second-order valence-electron chi connectivity index (χ2n) is 4.77. The molecule has 1 aromatic heterocycles. The van der Waals surface area contributed by atoms with E-state index in [1.54, 1.807) is 4.68 Å². The molecule has 0 spiro atoms. The lowest BCUT2D eigenvalue weighted by Crippen LogP contribution is -2.28. The Morgan fingerprint density at radius 2 is 1.95 bits per heavy atom. The van der Waals surface area contributed by atoms with Crippen molar-refractivity contribution in [2.24, 2.45) is 5.73 Å². The predicted octanol–water partition coefficient (Wildman–Crippen LogP) is 2.08. The summed E-state index contributed by atoms with van der Waals surface area (Å²) in [5.41, 5.74) is 6.01. The van der Waals surface area contributed by atoms with Crippen LogP contribution in [0.4, 0.5) is 8.78 Å². The third kappa shape index (κ3) is 3.39. The molecule has 0 amide bonds. The van der Waals surface area contributed by atoms with Crippen LogP contribution in [-0.4, -0.2) is 20.8 Å². The number of hydrogen-bond acceptors (Lipinski definition) is 3. The molecular formula is C14H18F2N4. The molecule has 2 N–H and O–H groups in total. The Bertz CT molecular complexity index is 548. The van der Waals surface area contributed by atoms with Gasteiger partial charge in [-0.25, -0.2) is 13.8 Å². The van der Waals surface area contributed by atoms with E-state index in [1.807, 2.05) is 6.92 Å². The molecule has 0 saturated heterocycles. The van der Waals surface area contributed by atoms with E-state index in [1.165, 1.54) is 24.5 Å². The largest absolute Gasteiger partial charge is 0.327 e. The van der Waals surface area contributed by atoms with Gasteiger partial charge in [-0.3, -0.25) is 4.68 Å². The van der Waals surface area contributed by atoms with Crippen LogP contribution in [0.1, 0.15) is 24.7 Å². The van der Waals surface area contributed by atoms with Crippen molar-refractivity contribution in [2.75, 3.05) is 0 Å². The molecule has 4 nitrogen and oxygen atoms in total. The van der Waals surface area contributed by atoms with Crippen molar-refractivity contribution in [3.8, 4) is 0 Å². The van der Waals surface area contributed by atoms with Gasteiger partial charge in [-0.15, -0.1) is 0 Å². The molecule has 20 heavy (non-hydrogen) atoms. The van der Waals surface area contributed by atoms with Gasteiger partial charge in [-0.2, -0.15) is 5.10 Å². The van der Waals surface area contributed by atoms with Crippen LogP contribution in [0.3, 0.4) is 0 Å². The van der Waals surface area contributed by atoms with Crippen LogP contribution < -0.4 is 5.73 Å². The Morgan fingerprint density at radius 1 is 1.25 bits per heavy atom. The van der Waals surface area contributed by atoms with Crippen LogP contribution in [0.25, 0.3) is 0 Å². The molecule has 1 heterocycles. The van der Waals surface area contributed by atoms with E-state index < -0.39 is 17.7 Å². The first-order valence-corrected chi connectivity index (χ1v) is 6.67. The fourth-order valence-corrected chi connectivity index (χ4v) is 2.14. The van der Waals surface area contributed by atoms with E-state index in [0.29, 0.717) is 6.42 Å². The van der Waals surface area contributed by atoms with Crippen LogP contribution in [0, 0.1) is 11.6 Å². The maximum absolute atomic E-state index is 13.6. The molecule has 0 bridgehead atoms. The molecule has 6 heteroatoms. The molecular weight excluding hydrogens is 262 g/mol. The molecule has 0 aliphatic heterocycles. The number of aromatic nitrogens is 3. The summed E-state index contributed by atoms with van der Waals surface area (Å²) in [5, 5.41) is 4.10. The number of benzene rings is 1. The van der Waals surface area contributed by atoms with Crippen molar-refractivity contribution in [3.63, 3.8) is 0 Å². The number of halogens is 2. The van der Waals surface area contributed by atoms with E-state index in [4.69, 9.17) is 5.73 Å². The van der Waals surface area contributed by atoms with Gasteiger partial charge >= 0.3 is 0 Å². The Labute approximate surface area is 116 Å². The van der Waals surface area contributed by atoms with Crippen molar-refractivity contribution >= 4 is 0 Å². The monoisotopic (exact) mass is 280 g/mol. The maximum atomic E-state index is 13.6. The third-order valence-corrected chi connectivity index (χ3v) is 3.10. The maximum Gasteiger partial charge on any atom is 0.138 e. The fourth-order valence-electron chi connectivity index (χ4n) is 2.14. The minimum atomic E-state index is -0.560. The van der Waals surface area contributed by atoms with Crippen molar-refractivity contribution < 1.29 is 8.78 Å². The van der Waals surface area contributed by atoms with Gasteiger partial charge in [0, 0.05) is 24.6 Å². The number of nitrogens with zero attached hydrogens (tertiary/aromatic N) is 3. The highest BCUT2D eigenvalue weighted by Crippen LogP contribution is 2.15. The lowest BCUT2D eigenvalue weighted by molar-refractivity contribution is 0.513. The Balaban J connectivity index is 2.05. The van der Waals surface area contributed by atoms with E-state index in [9.17, 15) is 8.78 Å². The summed E-state index contributed by atoms with van der Waals surface area (Å²) in [6, 6.07) is 3.42. The number of hydrogen-bond donors (Lipinski definition) is 1. The molecule has 0 aliphatic carbocycles. The summed E-state index contributed by atoms with van der Waals surface area (Å²) in [6.45, 7) is 2.80. The van der Waals surface area contributed by atoms with Crippen LogP contribution >= 0.6 is 0 Å². The molecule has 2 rings (SSSR count). The molecule has 0 fully saturated rings. The van der Waals surface area contributed by atoms with Crippen LogP contribution in [0.2, 0.25) is 0 Å². The van der Waals surface area contributed by atoms with Gasteiger partial charge < -0.3 is 5.73 Å². The highest BCUT2D eigenvalue weighted by Gasteiger charge is 2.15. The molecule has 0 saturated carbocycles. The average Bonchev–Trinajstić information content (AvgIpc) is 2.82. The highest BCUT2D eigenvalue weighted by atomic mass is 19.1. The summed E-state index contributed by atoms with van der Waals surface area (Å²) in [7, 11) is 0. The Kier molecular flexibility index (Phi) is 4.79. The average molecular weight is 280 g/mol. The second kappa shape index (κ2) is 6.56. The van der Waals surface area contributed by atoms with Crippen molar-refractivity contribution in [1.82, 2.24) is 14.8 Å². The van der Waals surface area contributed by atoms with Gasteiger partial charge in [0.15, 0.2) is 0 Å². The predicted molar refractivity (Wildman–Crippen MR) is 72.1 cm³/mol. The normalized spacial score (nSPS) is 12.6. The van der Waals surface area contributed by atoms with Gasteiger partial charge in [0.1, 0.15) is 23.8 Å². The minimum absolute atomic E-state index is 0.0292. The van der Waals surface area contributed by atoms with Crippen molar-refractivity contribution in [3.05, 3.63) is 47.5 Å². The van der Waals surface area contributed by atoms with Gasteiger partial charge in [0.05, 0.1) is 0 Å². The number of rotatable bonds is 6. The number of nitrogens with two attached hydrogens (primary N) is 1. The van der Waals surface area contributed by atoms with Crippen LogP contribution in [-0.2, 0) is 19.4 Å². The topological polar surface area (TPSA) is 56.7 Å². The molecule has 0 aliphatic rings. The second-order valence-corrected chi connectivity index (χ2v) is 4.77. The molecule has 108 valence electrons. The van der Waals surface area contributed by atoms with Gasteiger partial charge in [0.25, 0.3) is 0 Å². The first-order chi connectivity index (χ1) is 9.61. The molecule has 1 atom stereocenters. The summed E-state index contributed by atoms with van der Waals surface area (Å²) < 4.78 is 28.9. The smallest absolute Gasteiger partial charge is 0.138 e. The zero-order valence-corrected chi connectivity index (χ0v) is 11.4. The SMILES string of the molecule is CCCn1ncnc1CC(N)Cc1c(F)cccc1F. The lowest BCUT2D eigenvalue weighted by atomic mass is 10.0. The van der Waals surface area contributed by atoms with Crippen LogP contribution in [0.5, 0.6) is 0 Å². The Morgan fingerprint density at radius 3 is 2.60 bits per heavy atom. The zero-order chi connectivity index (χ0) is 14.5. The summed E-state index contributed by atoms with van der Waals surface area (Å²) in [5.74, 6) is -0.373. The van der Waals surface area contributed by atoms with E-state index >= 15 is 0 Å². The molecule has 0 radical (unpaired) electrons. The van der Waals surface area contributed by atoms with Gasteiger partial charge in [-0.1, -0.05) is 13.0 Å². The van der Waals surface area contributed by atoms with Crippen molar-refractivity contribution in [1.29, 1.82) is 0 Å². The molecule has 1 aromatic carbocycles.